The number of carbonyl (C=O) groups is 1. The Morgan fingerprint density at radius 1 is 0.900 bits per heavy atom. The number of ether oxygens (including phenoxy) is 1. The summed E-state index contributed by atoms with van der Waals surface area (Å²) < 4.78 is 5.30. The molecule has 0 radical (unpaired) electrons. The van der Waals surface area contributed by atoms with Gasteiger partial charge in [0.25, 0.3) is 0 Å². The maximum absolute atomic E-state index is 11.8. The highest BCUT2D eigenvalue weighted by Crippen LogP contribution is 2.16. The monoisotopic (exact) mass is 266 g/mol. The molecule has 2 nitrogen and oxygen atoms in total. The van der Waals surface area contributed by atoms with Crippen LogP contribution in [0.15, 0.2) is 48.5 Å². The number of hydrogen-bond donors (Lipinski definition) is 0. The number of esters is 1. The van der Waals surface area contributed by atoms with Gasteiger partial charge in [-0.2, -0.15) is 0 Å². The summed E-state index contributed by atoms with van der Waals surface area (Å²) >= 11 is 0. The molecule has 0 aliphatic rings. The van der Waals surface area contributed by atoms with Crippen LogP contribution < -0.4 is 4.74 Å². The van der Waals surface area contributed by atoms with E-state index >= 15 is 0 Å². The van der Waals surface area contributed by atoms with Gasteiger partial charge in [-0.3, -0.25) is 0 Å². The van der Waals surface area contributed by atoms with Crippen molar-refractivity contribution in [2.24, 2.45) is 0 Å². The number of carbonyl (C=O) groups excluding carboxylic acids is 1. The van der Waals surface area contributed by atoms with E-state index < -0.39 is 0 Å². The van der Waals surface area contributed by atoms with Crippen molar-refractivity contribution in [2.75, 3.05) is 0 Å². The van der Waals surface area contributed by atoms with E-state index in [1.807, 2.05) is 63.2 Å². The normalized spacial score (nSPS) is 10.8. The summed E-state index contributed by atoms with van der Waals surface area (Å²) in [5.41, 5.74) is 4.33. The van der Waals surface area contributed by atoms with Crippen LogP contribution in [0.1, 0.15) is 22.3 Å². The average molecular weight is 266 g/mol. The van der Waals surface area contributed by atoms with E-state index in [4.69, 9.17) is 4.74 Å². The maximum Gasteiger partial charge on any atom is 0.336 e. The summed E-state index contributed by atoms with van der Waals surface area (Å²) in [6.07, 6.45) is 3.20. The van der Waals surface area contributed by atoms with Crippen LogP contribution >= 0.6 is 0 Å². The molecular formula is C18H18O2. The number of hydrogen-bond acceptors (Lipinski definition) is 2. The van der Waals surface area contributed by atoms with Crippen LogP contribution in [0.4, 0.5) is 0 Å². The van der Waals surface area contributed by atoms with Crippen molar-refractivity contribution in [1.29, 1.82) is 0 Å². The zero-order valence-corrected chi connectivity index (χ0v) is 12.0. The quantitative estimate of drug-likeness (QED) is 0.472. The summed E-state index contributed by atoms with van der Waals surface area (Å²) in [5.74, 6) is 0.219. The first-order chi connectivity index (χ1) is 9.52. The Labute approximate surface area is 119 Å². The molecule has 0 atom stereocenters. The van der Waals surface area contributed by atoms with Crippen LogP contribution in [0.2, 0.25) is 0 Å². The molecule has 0 fully saturated rings. The summed E-state index contributed by atoms with van der Waals surface area (Å²) in [6.45, 7) is 5.99. The van der Waals surface area contributed by atoms with Gasteiger partial charge in [-0.25, -0.2) is 4.79 Å². The van der Waals surface area contributed by atoms with Crippen LogP contribution in [0.5, 0.6) is 5.75 Å². The smallest absolute Gasteiger partial charge is 0.336 e. The van der Waals surface area contributed by atoms with Crippen molar-refractivity contribution in [3.63, 3.8) is 0 Å². The van der Waals surface area contributed by atoms with Gasteiger partial charge < -0.3 is 4.74 Å². The number of aryl methyl sites for hydroxylation is 3. The topological polar surface area (TPSA) is 26.3 Å². The molecule has 0 bridgehead atoms. The summed E-state index contributed by atoms with van der Waals surface area (Å²) in [6, 6.07) is 13.7. The molecule has 20 heavy (non-hydrogen) atoms. The highest BCUT2D eigenvalue weighted by Gasteiger charge is 2.02. The van der Waals surface area contributed by atoms with E-state index in [1.54, 1.807) is 6.08 Å². The molecular weight excluding hydrogens is 248 g/mol. The van der Waals surface area contributed by atoms with E-state index in [1.165, 1.54) is 11.6 Å². The van der Waals surface area contributed by atoms with Gasteiger partial charge in [-0.1, -0.05) is 35.9 Å². The summed E-state index contributed by atoms with van der Waals surface area (Å²) in [4.78, 5) is 11.8. The van der Waals surface area contributed by atoms with Crippen molar-refractivity contribution in [2.45, 2.75) is 20.8 Å². The van der Waals surface area contributed by atoms with E-state index in [-0.39, 0.29) is 5.97 Å². The lowest BCUT2D eigenvalue weighted by Crippen LogP contribution is -2.04. The van der Waals surface area contributed by atoms with Gasteiger partial charge in [-0.05, 0) is 55.7 Å². The first-order valence-electron chi connectivity index (χ1n) is 6.58. The lowest BCUT2D eigenvalue weighted by Gasteiger charge is -2.04. The van der Waals surface area contributed by atoms with Crippen LogP contribution in [0.3, 0.4) is 0 Å². The molecule has 0 amide bonds. The number of benzene rings is 2. The third kappa shape index (κ3) is 4.09. The second-order valence-corrected chi connectivity index (χ2v) is 4.99. The third-order valence-corrected chi connectivity index (χ3v) is 2.90. The van der Waals surface area contributed by atoms with Crippen molar-refractivity contribution < 1.29 is 9.53 Å². The molecule has 0 heterocycles. The van der Waals surface area contributed by atoms with Gasteiger partial charge in [0.2, 0.25) is 0 Å². The minimum Gasteiger partial charge on any atom is -0.423 e. The van der Waals surface area contributed by atoms with Gasteiger partial charge >= 0.3 is 5.97 Å². The highest BCUT2D eigenvalue weighted by atomic mass is 16.5. The van der Waals surface area contributed by atoms with Gasteiger partial charge in [0.1, 0.15) is 5.75 Å². The molecule has 0 saturated heterocycles. The van der Waals surface area contributed by atoms with Crippen LogP contribution in [-0.2, 0) is 4.79 Å². The van der Waals surface area contributed by atoms with Crippen molar-refractivity contribution >= 4 is 12.0 Å². The molecule has 2 rings (SSSR count). The zero-order valence-electron chi connectivity index (χ0n) is 12.0. The maximum atomic E-state index is 11.8. The standard InChI is InChI=1S/C18H18O2/c1-13-4-6-16(7-5-13)8-9-18(19)20-17-11-14(2)10-15(3)12-17/h4-12H,1-3H3. The average Bonchev–Trinajstić information content (AvgIpc) is 2.37. The molecule has 0 aliphatic heterocycles. The van der Waals surface area contributed by atoms with Gasteiger partial charge in [-0.15, -0.1) is 0 Å². The Morgan fingerprint density at radius 3 is 2.10 bits per heavy atom. The minimum atomic E-state index is -0.365. The molecule has 0 unspecified atom stereocenters. The lowest BCUT2D eigenvalue weighted by atomic mass is 10.1. The predicted molar refractivity (Wildman–Crippen MR) is 81.8 cm³/mol. The Balaban J connectivity index is 2.03. The van der Waals surface area contributed by atoms with Crippen molar-refractivity contribution in [3.05, 3.63) is 70.8 Å². The highest BCUT2D eigenvalue weighted by molar-refractivity contribution is 5.88. The molecule has 2 heteroatoms. The SMILES string of the molecule is Cc1ccc(C=CC(=O)Oc2cc(C)cc(C)c2)cc1. The van der Waals surface area contributed by atoms with Crippen molar-refractivity contribution in [3.8, 4) is 5.75 Å². The van der Waals surface area contributed by atoms with Gasteiger partial charge in [0, 0.05) is 6.08 Å². The predicted octanol–water partition coefficient (Wildman–Crippen LogP) is 4.23. The molecule has 0 aliphatic carbocycles. The van der Waals surface area contributed by atoms with Crippen LogP contribution in [0.25, 0.3) is 6.08 Å². The van der Waals surface area contributed by atoms with Crippen molar-refractivity contribution in [1.82, 2.24) is 0 Å². The summed E-state index contributed by atoms with van der Waals surface area (Å²) in [7, 11) is 0. The molecule has 102 valence electrons. The Kier molecular flexibility index (Phi) is 4.36. The van der Waals surface area contributed by atoms with Crippen LogP contribution in [0, 0.1) is 20.8 Å². The van der Waals surface area contributed by atoms with E-state index in [0.29, 0.717) is 5.75 Å². The first kappa shape index (κ1) is 14.1. The number of rotatable bonds is 3. The fourth-order valence-corrected chi connectivity index (χ4v) is 1.98. The third-order valence-electron chi connectivity index (χ3n) is 2.90. The minimum absolute atomic E-state index is 0.365. The Morgan fingerprint density at radius 2 is 1.50 bits per heavy atom. The zero-order chi connectivity index (χ0) is 14.5. The molecule has 0 saturated carbocycles. The molecule has 0 aromatic heterocycles. The van der Waals surface area contributed by atoms with Gasteiger partial charge in [0.15, 0.2) is 0 Å². The molecule has 2 aromatic carbocycles. The first-order valence-corrected chi connectivity index (χ1v) is 6.58. The van der Waals surface area contributed by atoms with E-state index in [2.05, 4.69) is 0 Å². The second kappa shape index (κ2) is 6.20. The van der Waals surface area contributed by atoms with E-state index in [9.17, 15) is 4.79 Å². The molecule has 0 N–H and O–H groups in total. The van der Waals surface area contributed by atoms with E-state index in [0.717, 1.165) is 16.7 Å². The molecule has 0 spiro atoms. The Bertz CT molecular complexity index is 617. The fourth-order valence-electron chi connectivity index (χ4n) is 1.98. The summed E-state index contributed by atoms with van der Waals surface area (Å²) in [5, 5.41) is 0. The van der Waals surface area contributed by atoms with Gasteiger partial charge in [0.05, 0.1) is 0 Å². The lowest BCUT2D eigenvalue weighted by molar-refractivity contribution is -0.128. The van der Waals surface area contributed by atoms with Crippen LogP contribution in [-0.4, -0.2) is 5.97 Å². The largest absolute Gasteiger partial charge is 0.423 e. The molecule has 2 aromatic rings. The second-order valence-electron chi connectivity index (χ2n) is 4.99. The Hall–Kier alpha value is -2.35. The fraction of sp³-hybridized carbons (Fsp3) is 0.167.